The highest BCUT2D eigenvalue weighted by Crippen LogP contribution is 2.37. The molecular weight excluding hydrogens is 410 g/mol. The summed E-state index contributed by atoms with van der Waals surface area (Å²) in [5, 5.41) is 11.1. The minimum absolute atomic E-state index is 0.0491. The van der Waals surface area contributed by atoms with Crippen molar-refractivity contribution >= 4 is 28.8 Å². The van der Waals surface area contributed by atoms with Crippen LogP contribution in [0.3, 0.4) is 0 Å². The summed E-state index contributed by atoms with van der Waals surface area (Å²) >= 11 is 4.93. The van der Waals surface area contributed by atoms with E-state index >= 15 is 0 Å². The molecule has 0 saturated heterocycles. The molecule has 164 valence electrons. The molecule has 0 amide bonds. The van der Waals surface area contributed by atoms with E-state index in [1.807, 2.05) is 41.5 Å². The number of ketones is 2. The zero-order valence-electron chi connectivity index (χ0n) is 18.9. The van der Waals surface area contributed by atoms with E-state index in [0.29, 0.717) is 27.8 Å². The highest BCUT2D eigenvalue weighted by atomic mass is 32.1. The van der Waals surface area contributed by atoms with Crippen LogP contribution in [0, 0.1) is 6.07 Å². The molecule has 2 radical (unpaired) electrons. The van der Waals surface area contributed by atoms with Crippen molar-refractivity contribution in [3.05, 3.63) is 64.2 Å². The van der Waals surface area contributed by atoms with Crippen LogP contribution >= 0.6 is 12.2 Å². The van der Waals surface area contributed by atoms with Gasteiger partial charge in [0, 0.05) is 40.9 Å². The molecular formula is C25H29NO4S. The van der Waals surface area contributed by atoms with Gasteiger partial charge in [-0.3, -0.25) is 9.59 Å². The Morgan fingerprint density at radius 2 is 1.45 bits per heavy atom. The normalized spacial score (nSPS) is 11.8. The lowest BCUT2D eigenvalue weighted by molar-refractivity contribution is -0.208. The van der Waals surface area contributed by atoms with Crippen LogP contribution in [0.5, 0.6) is 5.75 Å². The van der Waals surface area contributed by atoms with E-state index in [1.54, 1.807) is 30.3 Å². The maximum absolute atomic E-state index is 13.3. The van der Waals surface area contributed by atoms with Crippen molar-refractivity contribution in [1.29, 1.82) is 0 Å². The van der Waals surface area contributed by atoms with Gasteiger partial charge in [0.15, 0.2) is 17.3 Å². The van der Waals surface area contributed by atoms with Crippen molar-refractivity contribution < 1.29 is 19.7 Å². The first kappa shape index (κ1) is 24.7. The number of nitrogens with two attached hydrogens (primary N) is 1. The molecule has 6 heteroatoms. The number of benzene rings is 2. The number of hydrogen-bond acceptors (Lipinski definition) is 4. The Hall–Kier alpha value is -2.57. The van der Waals surface area contributed by atoms with Gasteiger partial charge in [-0.05, 0) is 28.0 Å². The zero-order valence-corrected chi connectivity index (χ0v) is 19.7. The number of thiocarbonyl (C=S) groups is 1. The smallest absolute Gasteiger partial charge is 0.177 e. The first-order valence-corrected chi connectivity index (χ1v) is 10.5. The molecule has 0 atom stereocenters. The Kier molecular flexibility index (Phi) is 7.40. The Labute approximate surface area is 189 Å². The van der Waals surface area contributed by atoms with Crippen LogP contribution in [0.15, 0.2) is 30.3 Å². The van der Waals surface area contributed by atoms with Crippen molar-refractivity contribution in [2.24, 2.45) is 5.73 Å². The van der Waals surface area contributed by atoms with E-state index < -0.39 is 10.8 Å². The second-order valence-electron chi connectivity index (χ2n) is 9.67. The second-order valence-corrected chi connectivity index (χ2v) is 10.1. The van der Waals surface area contributed by atoms with Crippen LogP contribution in [-0.2, 0) is 16.1 Å². The third-order valence-corrected chi connectivity index (χ3v) is 5.28. The van der Waals surface area contributed by atoms with Gasteiger partial charge in [-0.15, -0.1) is 0 Å². The van der Waals surface area contributed by atoms with E-state index in [0.717, 1.165) is 0 Å². The summed E-state index contributed by atoms with van der Waals surface area (Å²) in [6.45, 7) is 11.7. The minimum Gasteiger partial charge on any atom is -0.389 e. The first-order valence-electron chi connectivity index (χ1n) is 10.1. The highest BCUT2D eigenvalue weighted by molar-refractivity contribution is 7.80. The van der Waals surface area contributed by atoms with Crippen LogP contribution in [0.1, 0.15) is 91.8 Å². The molecule has 0 unspecified atom stereocenters. The van der Waals surface area contributed by atoms with E-state index in [-0.39, 0.29) is 35.1 Å². The Balaban J connectivity index is 2.37. The highest BCUT2D eigenvalue weighted by Gasteiger charge is 2.31. The van der Waals surface area contributed by atoms with E-state index in [2.05, 4.69) is 11.0 Å². The van der Waals surface area contributed by atoms with Gasteiger partial charge in [0.25, 0.3) is 0 Å². The lowest BCUT2D eigenvalue weighted by Crippen LogP contribution is -2.24. The van der Waals surface area contributed by atoms with Crippen LogP contribution < -0.4 is 10.6 Å². The van der Waals surface area contributed by atoms with Crippen LogP contribution in [0.2, 0.25) is 0 Å². The topological polar surface area (TPSA) is 89.3 Å². The van der Waals surface area contributed by atoms with Gasteiger partial charge >= 0.3 is 0 Å². The fourth-order valence-corrected chi connectivity index (χ4v) is 3.50. The Morgan fingerprint density at radius 3 is 1.90 bits per heavy atom. The Bertz CT molecular complexity index is 961. The lowest BCUT2D eigenvalue weighted by Gasteiger charge is -2.29. The van der Waals surface area contributed by atoms with Gasteiger partial charge in [-0.1, -0.05) is 78.0 Å². The summed E-state index contributed by atoms with van der Waals surface area (Å²) in [7, 11) is 0. The van der Waals surface area contributed by atoms with E-state index in [9.17, 15) is 14.8 Å². The molecule has 31 heavy (non-hydrogen) atoms. The van der Waals surface area contributed by atoms with Crippen molar-refractivity contribution in [2.75, 3.05) is 0 Å². The molecule has 0 aliphatic carbocycles. The third kappa shape index (κ3) is 5.99. The third-order valence-electron chi connectivity index (χ3n) is 5.04. The van der Waals surface area contributed by atoms with E-state index in [4.69, 9.17) is 18.0 Å². The summed E-state index contributed by atoms with van der Waals surface area (Å²) in [5.74, 6) is -0.238. The monoisotopic (exact) mass is 439 g/mol. The number of Topliss-reactive ketones (excluding diaryl/α,β-unsaturated/α-hetero) is 2. The molecule has 2 aromatic rings. The Morgan fingerprint density at radius 1 is 0.935 bits per heavy atom. The van der Waals surface area contributed by atoms with Crippen molar-refractivity contribution in [3.8, 4) is 5.75 Å². The summed E-state index contributed by atoms with van der Waals surface area (Å²) in [6, 6.07) is 11.3. The van der Waals surface area contributed by atoms with Gasteiger partial charge < -0.3 is 10.6 Å². The minimum atomic E-state index is -0.444. The van der Waals surface area contributed by atoms with Crippen LogP contribution in [0.4, 0.5) is 0 Å². The molecule has 0 fully saturated rings. The summed E-state index contributed by atoms with van der Waals surface area (Å²) in [4.78, 5) is 30.5. The fourth-order valence-electron chi connectivity index (χ4n) is 3.37. The molecule has 0 spiro atoms. The van der Waals surface area contributed by atoms with Gasteiger partial charge in [0.1, 0.15) is 4.99 Å². The van der Waals surface area contributed by atoms with Gasteiger partial charge in [-0.2, -0.15) is 0 Å². The molecule has 5 nitrogen and oxygen atoms in total. The van der Waals surface area contributed by atoms with Crippen LogP contribution in [0.25, 0.3) is 0 Å². The molecule has 0 aliphatic rings. The SMILES string of the molecule is CC(C)(C)c1[c]c(O[O])cc(C(C)(C)C)c1C(=O)CCC(=O)c1ccc(C(N)=S)cc1. The quantitative estimate of drug-likeness (QED) is 0.274. The van der Waals surface area contributed by atoms with E-state index in [1.165, 1.54) is 0 Å². The average Bonchev–Trinajstić information content (AvgIpc) is 2.69. The number of carbonyl (C=O) groups is 2. The predicted octanol–water partition coefficient (Wildman–Crippen LogP) is 5.29. The average molecular weight is 440 g/mol. The largest absolute Gasteiger partial charge is 0.389 e. The summed E-state index contributed by atoms with van der Waals surface area (Å²) in [5.41, 5.74) is 7.76. The summed E-state index contributed by atoms with van der Waals surface area (Å²) in [6.07, 6.45) is 0.117. The first-order chi connectivity index (χ1) is 14.3. The number of rotatable bonds is 7. The fraction of sp³-hybridized carbons (Fsp3) is 0.400. The number of carbonyl (C=O) groups excluding carboxylic acids is 2. The molecule has 0 saturated carbocycles. The molecule has 2 aromatic carbocycles. The van der Waals surface area contributed by atoms with Gasteiger partial charge in [-0.25, -0.2) is 0 Å². The van der Waals surface area contributed by atoms with Crippen molar-refractivity contribution in [3.63, 3.8) is 0 Å². The van der Waals surface area contributed by atoms with Gasteiger partial charge in [0.2, 0.25) is 0 Å². The zero-order chi connectivity index (χ0) is 23.6. The van der Waals surface area contributed by atoms with Crippen LogP contribution in [-0.4, -0.2) is 16.6 Å². The van der Waals surface area contributed by atoms with Crippen molar-refractivity contribution in [1.82, 2.24) is 0 Å². The van der Waals surface area contributed by atoms with Gasteiger partial charge in [0.05, 0.1) is 0 Å². The molecule has 0 aromatic heterocycles. The number of hydrogen-bond donors (Lipinski definition) is 1. The molecule has 2 rings (SSSR count). The molecule has 0 heterocycles. The molecule has 0 aliphatic heterocycles. The molecule has 0 bridgehead atoms. The van der Waals surface area contributed by atoms with Crippen molar-refractivity contribution in [2.45, 2.75) is 65.2 Å². The second kappa shape index (κ2) is 9.28. The predicted molar refractivity (Wildman–Crippen MR) is 124 cm³/mol. The maximum atomic E-state index is 13.3. The lowest BCUT2D eigenvalue weighted by atomic mass is 9.74. The maximum Gasteiger partial charge on any atom is 0.177 e. The molecule has 2 N–H and O–H groups in total. The summed E-state index contributed by atoms with van der Waals surface area (Å²) < 4.78 is 0. The standard InChI is InChI=1S/C25H29NO4S/c1-24(2,3)18-13-17(30-29)14-19(25(4,5)6)22(18)21(28)12-11-20(27)15-7-9-16(10-8-15)23(26)31/h7-10,13H,11-12H2,1-6H3,(H2,26,31).